The van der Waals surface area contributed by atoms with E-state index in [0.29, 0.717) is 26.9 Å². The molecule has 4 rings (SSSR count). The molecule has 0 spiro atoms. The minimum atomic E-state index is -1.13. The van der Waals surface area contributed by atoms with Gasteiger partial charge in [-0.25, -0.2) is 0 Å². The Labute approximate surface area is 220 Å². The van der Waals surface area contributed by atoms with Gasteiger partial charge < -0.3 is 25.2 Å². The number of aliphatic hydroxyl groups excluding tert-OH is 2. The zero-order valence-electron chi connectivity index (χ0n) is 19.9. The fourth-order valence-electron chi connectivity index (χ4n) is 4.68. The van der Waals surface area contributed by atoms with Crippen LogP contribution in [0.1, 0.15) is 30.9 Å². The number of carbonyl (C=O) groups excluding carboxylic acids is 2. The van der Waals surface area contributed by atoms with Crippen molar-refractivity contribution in [2.24, 2.45) is 0 Å². The number of nitrogens with one attached hydrogen (secondary N) is 1. The summed E-state index contributed by atoms with van der Waals surface area (Å²) in [6, 6.07) is 11.4. The number of benzene rings is 2. The molecule has 36 heavy (non-hydrogen) atoms. The van der Waals surface area contributed by atoms with Crippen LogP contribution in [-0.2, 0) is 16.1 Å². The number of halogens is 2. The number of nitrogens with zero attached hydrogens (tertiary/aromatic N) is 1. The van der Waals surface area contributed by atoms with Gasteiger partial charge >= 0.3 is 0 Å². The molecule has 2 aliphatic rings. The Hall–Kier alpha value is -2.84. The molecule has 2 aromatic carbocycles. The zero-order chi connectivity index (χ0) is 26.0. The third-order valence-corrected chi connectivity index (χ3v) is 6.87. The predicted molar refractivity (Wildman–Crippen MR) is 138 cm³/mol. The molecule has 4 unspecified atom stereocenters. The number of allylic oxidation sites excluding steroid dienone is 1. The van der Waals surface area contributed by atoms with Crippen LogP contribution in [0.4, 0.5) is 0 Å². The molecule has 0 aromatic heterocycles. The summed E-state index contributed by atoms with van der Waals surface area (Å²) in [6.07, 6.45) is 1.20. The lowest BCUT2D eigenvalue weighted by atomic mass is 9.77. The molecule has 0 saturated carbocycles. The molecule has 9 heteroatoms. The van der Waals surface area contributed by atoms with Crippen LogP contribution in [0.2, 0.25) is 10.0 Å². The molecule has 0 fully saturated rings. The highest BCUT2D eigenvalue weighted by atomic mass is 35.5. The van der Waals surface area contributed by atoms with Gasteiger partial charge in [-0.1, -0.05) is 53.0 Å². The summed E-state index contributed by atoms with van der Waals surface area (Å²) >= 11 is 12.5. The van der Waals surface area contributed by atoms with Gasteiger partial charge in [0.05, 0.1) is 18.6 Å². The maximum Gasteiger partial charge on any atom is 0.247 e. The van der Waals surface area contributed by atoms with Gasteiger partial charge in [0.25, 0.3) is 0 Å². The van der Waals surface area contributed by atoms with Crippen molar-refractivity contribution in [3.63, 3.8) is 0 Å². The lowest BCUT2D eigenvalue weighted by Gasteiger charge is -2.40. The van der Waals surface area contributed by atoms with E-state index in [1.165, 1.54) is 11.0 Å². The molecular formula is C27H28Cl2N2O5. The van der Waals surface area contributed by atoms with Crippen molar-refractivity contribution < 1.29 is 24.5 Å². The first-order chi connectivity index (χ1) is 17.2. The van der Waals surface area contributed by atoms with Gasteiger partial charge in [0.2, 0.25) is 11.8 Å². The fourth-order valence-corrected chi connectivity index (χ4v) is 5.15. The van der Waals surface area contributed by atoms with Crippen LogP contribution in [0.3, 0.4) is 0 Å². The fraction of sp³-hybridized carbons (Fsp3) is 0.333. The first kappa shape index (κ1) is 26.2. The largest absolute Gasteiger partial charge is 0.486 e. The van der Waals surface area contributed by atoms with Gasteiger partial charge in [-0.2, -0.15) is 0 Å². The van der Waals surface area contributed by atoms with Crippen molar-refractivity contribution in [3.05, 3.63) is 86.9 Å². The van der Waals surface area contributed by atoms with Crippen LogP contribution in [0, 0.1) is 0 Å². The van der Waals surface area contributed by atoms with Gasteiger partial charge in [0.15, 0.2) is 0 Å². The molecule has 1 aliphatic heterocycles. The summed E-state index contributed by atoms with van der Waals surface area (Å²) in [4.78, 5) is 28.1. The molecule has 1 aliphatic carbocycles. The van der Waals surface area contributed by atoms with Crippen LogP contribution in [0.15, 0.2) is 65.8 Å². The molecule has 3 N–H and O–H groups in total. The standard InChI is InChI=1S/C27H28Cl2N2O5/c1-15(2)11-23(33)31(14-16-7-8-17(28)12-20(16)29)21-13-19(27(35)30-9-10-32)24-18-5-3-4-6-22(18)36-26(24)25(21)34/h3-8,11-13,21,24-26,32,34H,9-10,14H2,1-2H3,(H,30,35). The van der Waals surface area contributed by atoms with Crippen LogP contribution in [0.5, 0.6) is 5.75 Å². The maximum atomic E-state index is 13.4. The van der Waals surface area contributed by atoms with Gasteiger partial charge in [-0.05, 0) is 43.7 Å². The molecule has 4 atom stereocenters. The van der Waals surface area contributed by atoms with Crippen molar-refractivity contribution in [2.45, 2.75) is 44.6 Å². The first-order valence-electron chi connectivity index (χ1n) is 11.6. The number of fused-ring (bicyclic) bond motifs is 3. The van der Waals surface area contributed by atoms with Gasteiger partial charge in [0, 0.05) is 40.3 Å². The van der Waals surface area contributed by atoms with Crippen LogP contribution in [-0.4, -0.2) is 58.3 Å². The van der Waals surface area contributed by atoms with E-state index in [1.807, 2.05) is 18.2 Å². The molecule has 0 saturated heterocycles. The first-order valence-corrected chi connectivity index (χ1v) is 12.4. The monoisotopic (exact) mass is 530 g/mol. The third kappa shape index (κ3) is 5.30. The lowest BCUT2D eigenvalue weighted by molar-refractivity contribution is -0.133. The minimum absolute atomic E-state index is 0.0735. The van der Waals surface area contributed by atoms with E-state index in [2.05, 4.69) is 5.32 Å². The number of hydrogen-bond donors (Lipinski definition) is 3. The van der Waals surface area contributed by atoms with Crippen LogP contribution in [0.25, 0.3) is 0 Å². The summed E-state index contributed by atoms with van der Waals surface area (Å²) in [5, 5.41) is 24.3. The van der Waals surface area contributed by atoms with E-state index in [1.54, 1.807) is 44.2 Å². The Kier molecular flexibility index (Phi) is 8.05. The number of carbonyl (C=O) groups is 2. The summed E-state index contributed by atoms with van der Waals surface area (Å²) < 4.78 is 6.12. The Morgan fingerprint density at radius 2 is 1.92 bits per heavy atom. The van der Waals surface area contributed by atoms with Gasteiger partial charge in [-0.15, -0.1) is 0 Å². The summed E-state index contributed by atoms with van der Waals surface area (Å²) in [5.74, 6) is -0.678. The molecular weight excluding hydrogens is 503 g/mol. The number of para-hydroxylation sites is 1. The maximum absolute atomic E-state index is 13.4. The van der Waals surface area contributed by atoms with E-state index in [4.69, 9.17) is 27.9 Å². The number of aliphatic hydroxyl groups is 2. The Bertz CT molecular complexity index is 1220. The van der Waals surface area contributed by atoms with Crippen molar-refractivity contribution in [3.8, 4) is 5.75 Å². The quantitative estimate of drug-likeness (QED) is 0.475. The Morgan fingerprint density at radius 1 is 1.17 bits per heavy atom. The highest BCUT2D eigenvalue weighted by molar-refractivity contribution is 6.35. The smallest absolute Gasteiger partial charge is 0.247 e. The number of amides is 2. The summed E-state index contributed by atoms with van der Waals surface area (Å²) in [5.41, 5.74) is 2.57. The van der Waals surface area contributed by atoms with Gasteiger partial charge in [-0.3, -0.25) is 9.59 Å². The van der Waals surface area contributed by atoms with E-state index < -0.39 is 30.1 Å². The molecule has 190 valence electrons. The molecule has 2 aromatic rings. The molecule has 1 heterocycles. The van der Waals surface area contributed by atoms with Crippen molar-refractivity contribution in [2.75, 3.05) is 13.2 Å². The predicted octanol–water partition coefficient (Wildman–Crippen LogP) is 3.61. The molecule has 7 nitrogen and oxygen atoms in total. The highest BCUT2D eigenvalue weighted by Gasteiger charge is 2.50. The van der Waals surface area contributed by atoms with E-state index in [-0.39, 0.29) is 25.6 Å². The SMILES string of the molecule is CC(C)=CC(=O)N(Cc1ccc(Cl)cc1Cl)C1C=C(C(=O)NCCO)C2c3ccccc3OC2C1O. The number of ether oxygens (including phenoxy) is 1. The molecule has 0 radical (unpaired) electrons. The highest BCUT2D eigenvalue weighted by Crippen LogP contribution is 2.47. The number of rotatable bonds is 7. The van der Waals surface area contributed by atoms with E-state index >= 15 is 0 Å². The topological polar surface area (TPSA) is 99.1 Å². The summed E-state index contributed by atoms with van der Waals surface area (Å²) in [6.45, 7) is 3.54. The van der Waals surface area contributed by atoms with E-state index in [0.717, 1.165) is 11.1 Å². The van der Waals surface area contributed by atoms with Gasteiger partial charge in [0.1, 0.15) is 18.0 Å². The normalized spacial score (nSPS) is 22.0. The summed E-state index contributed by atoms with van der Waals surface area (Å²) in [7, 11) is 0. The van der Waals surface area contributed by atoms with Crippen LogP contribution >= 0.6 is 23.2 Å². The average molecular weight is 531 g/mol. The van der Waals surface area contributed by atoms with Crippen molar-refractivity contribution in [1.29, 1.82) is 0 Å². The second kappa shape index (κ2) is 11.0. The third-order valence-electron chi connectivity index (χ3n) is 6.29. The van der Waals surface area contributed by atoms with E-state index in [9.17, 15) is 19.8 Å². The molecule has 2 amide bonds. The van der Waals surface area contributed by atoms with Crippen molar-refractivity contribution in [1.82, 2.24) is 10.2 Å². The minimum Gasteiger partial charge on any atom is -0.486 e. The Balaban J connectivity index is 1.80. The number of hydrogen-bond acceptors (Lipinski definition) is 5. The second-order valence-corrected chi connectivity index (χ2v) is 9.95. The second-order valence-electron chi connectivity index (χ2n) is 9.10. The zero-order valence-corrected chi connectivity index (χ0v) is 21.5. The van der Waals surface area contributed by atoms with Crippen molar-refractivity contribution >= 4 is 35.0 Å². The van der Waals surface area contributed by atoms with Crippen LogP contribution < -0.4 is 10.1 Å². The lowest BCUT2D eigenvalue weighted by Crippen LogP contribution is -2.55. The molecule has 0 bridgehead atoms. The average Bonchev–Trinajstić information content (AvgIpc) is 3.22. The Morgan fingerprint density at radius 3 is 2.61 bits per heavy atom.